The minimum absolute atomic E-state index is 0.693. The first-order chi connectivity index (χ1) is 8.81. The normalized spacial score (nSPS) is 34.8. The van der Waals surface area contributed by atoms with Gasteiger partial charge in [0.25, 0.3) is 0 Å². The number of nitrogens with one attached hydrogen (secondary N) is 1. The summed E-state index contributed by atoms with van der Waals surface area (Å²) in [7, 11) is 0. The van der Waals surface area contributed by atoms with Crippen molar-refractivity contribution in [3.05, 3.63) is 33.8 Å². The molecule has 1 aliphatic carbocycles. The van der Waals surface area contributed by atoms with E-state index in [9.17, 15) is 0 Å². The summed E-state index contributed by atoms with van der Waals surface area (Å²) < 4.78 is 1.23. The van der Waals surface area contributed by atoms with Crippen LogP contribution in [0, 0.1) is 11.8 Å². The lowest BCUT2D eigenvalue weighted by Gasteiger charge is -2.25. The van der Waals surface area contributed by atoms with E-state index < -0.39 is 0 Å². The second-order valence-electron chi connectivity index (χ2n) is 6.03. The van der Waals surface area contributed by atoms with Crippen LogP contribution in [0.3, 0.4) is 0 Å². The van der Waals surface area contributed by atoms with Crippen LogP contribution in [0.4, 0.5) is 0 Å². The van der Waals surface area contributed by atoms with Crippen LogP contribution in [-0.4, -0.2) is 31.1 Å². The molecule has 0 spiro atoms. The monoisotopic (exact) mass is 306 g/mol. The highest BCUT2D eigenvalue weighted by Gasteiger charge is 2.40. The van der Waals surface area contributed by atoms with Gasteiger partial charge in [0.15, 0.2) is 0 Å². The highest BCUT2D eigenvalue weighted by Crippen LogP contribution is 2.41. The molecule has 1 aromatic carbocycles. The molecule has 2 heterocycles. The molecule has 0 aromatic heterocycles. The smallest absolute Gasteiger partial charge is 0.0354 e. The maximum Gasteiger partial charge on any atom is 0.0354 e. The summed E-state index contributed by atoms with van der Waals surface area (Å²) >= 11 is 3.59. The van der Waals surface area contributed by atoms with E-state index in [1.165, 1.54) is 43.5 Å². The van der Waals surface area contributed by atoms with Gasteiger partial charge in [-0.25, -0.2) is 0 Å². The van der Waals surface area contributed by atoms with Crippen LogP contribution < -0.4 is 5.32 Å². The number of fused-ring (bicyclic) bond motifs is 2. The maximum absolute atomic E-state index is 3.59. The second-order valence-corrected chi connectivity index (χ2v) is 6.95. The van der Waals surface area contributed by atoms with Crippen LogP contribution in [0.5, 0.6) is 0 Å². The zero-order valence-electron chi connectivity index (χ0n) is 10.5. The number of rotatable bonds is 1. The summed E-state index contributed by atoms with van der Waals surface area (Å²) in [4.78, 5) is 2.75. The minimum Gasteiger partial charge on any atom is -0.316 e. The zero-order valence-corrected chi connectivity index (χ0v) is 12.1. The van der Waals surface area contributed by atoms with Gasteiger partial charge in [0.1, 0.15) is 0 Å². The van der Waals surface area contributed by atoms with Crippen molar-refractivity contribution in [1.29, 1.82) is 0 Å². The fraction of sp³-hybridized carbons (Fsp3) is 0.600. The Kier molecular flexibility index (Phi) is 2.75. The van der Waals surface area contributed by atoms with Crippen LogP contribution in [0.15, 0.2) is 22.7 Å². The summed E-state index contributed by atoms with van der Waals surface area (Å²) in [5.41, 5.74) is 3.15. The lowest BCUT2D eigenvalue weighted by Crippen LogP contribution is -2.28. The minimum atomic E-state index is 0.693. The van der Waals surface area contributed by atoms with Gasteiger partial charge in [0.05, 0.1) is 0 Å². The van der Waals surface area contributed by atoms with Gasteiger partial charge < -0.3 is 5.32 Å². The Balaban J connectivity index is 1.58. The summed E-state index contributed by atoms with van der Waals surface area (Å²) in [5.74, 6) is 1.81. The third-order valence-electron chi connectivity index (χ3n) is 5.01. The average Bonchev–Trinajstić information content (AvgIpc) is 2.98. The molecule has 18 heavy (non-hydrogen) atoms. The summed E-state index contributed by atoms with van der Waals surface area (Å²) in [6.07, 6.45) is 2.57. The van der Waals surface area contributed by atoms with E-state index >= 15 is 0 Å². The van der Waals surface area contributed by atoms with Gasteiger partial charge in [0.2, 0.25) is 0 Å². The maximum atomic E-state index is 3.59. The quantitative estimate of drug-likeness (QED) is 0.858. The van der Waals surface area contributed by atoms with E-state index in [1.54, 1.807) is 11.1 Å². The Bertz CT molecular complexity index is 462. The number of aryl methyl sites for hydroxylation is 1. The van der Waals surface area contributed by atoms with E-state index in [0.29, 0.717) is 6.04 Å². The van der Waals surface area contributed by atoms with Crippen molar-refractivity contribution in [2.45, 2.75) is 18.9 Å². The van der Waals surface area contributed by atoms with Crippen LogP contribution >= 0.6 is 15.9 Å². The lowest BCUT2D eigenvalue weighted by molar-refractivity contribution is 0.228. The molecular weight excluding hydrogens is 288 g/mol. The van der Waals surface area contributed by atoms with E-state index in [0.717, 1.165) is 11.8 Å². The third kappa shape index (κ3) is 1.75. The van der Waals surface area contributed by atoms with E-state index in [1.807, 2.05) is 0 Å². The molecule has 3 heteroatoms. The molecule has 0 saturated carbocycles. The molecule has 3 unspecified atom stereocenters. The largest absolute Gasteiger partial charge is 0.316 e. The number of nitrogens with zero attached hydrogens (tertiary/aromatic N) is 1. The molecule has 2 aliphatic heterocycles. The van der Waals surface area contributed by atoms with Crippen molar-refractivity contribution in [1.82, 2.24) is 10.2 Å². The molecule has 2 nitrogen and oxygen atoms in total. The number of likely N-dealkylation sites (tertiary alicyclic amines) is 1. The highest BCUT2D eigenvalue weighted by atomic mass is 79.9. The highest BCUT2D eigenvalue weighted by molar-refractivity contribution is 9.10. The van der Waals surface area contributed by atoms with Gasteiger partial charge in [-0.15, -0.1) is 0 Å². The number of hydrogen-bond acceptors (Lipinski definition) is 2. The lowest BCUT2D eigenvalue weighted by atomic mass is 10.0. The standard InChI is InChI=1S/C15H19BrN2/c16-13-2-3-14-10(5-13)1-4-15(14)18-8-11-6-17-7-12(11)9-18/h2-3,5,11-12,15,17H,1,4,6-9H2. The van der Waals surface area contributed by atoms with Crippen LogP contribution in [0.25, 0.3) is 0 Å². The topological polar surface area (TPSA) is 15.3 Å². The summed E-state index contributed by atoms with van der Waals surface area (Å²) in [6.45, 7) is 5.08. The van der Waals surface area contributed by atoms with Crippen molar-refractivity contribution < 1.29 is 0 Å². The van der Waals surface area contributed by atoms with Gasteiger partial charge in [-0.1, -0.05) is 22.0 Å². The Morgan fingerprint density at radius 1 is 1.17 bits per heavy atom. The van der Waals surface area contributed by atoms with E-state index in [2.05, 4.69) is 44.3 Å². The van der Waals surface area contributed by atoms with Crippen molar-refractivity contribution in [3.8, 4) is 0 Å². The predicted octanol–water partition coefficient (Wildman–Crippen LogP) is 2.59. The summed E-state index contributed by atoms with van der Waals surface area (Å²) in [5, 5.41) is 3.53. The third-order valence-corrected chi connectivity index (χ3v) is 5.50. The van der Waals surface area contributed by atoms with Gasteiger partial charge in [-0.3, -0.25) is 4.90 Å². The Morgan fingerprint density at radius 3 is 2.72 bits per heavy atom. The number of benzene rings is 1. The predicted molar refractivity (Wildman–Crippen MR) is 76.6 cm³/mol. The second kappa shape index (κ2) is 4.32. The zero-order chi connectivity index (χ0) is 12.1. The Morgan fingerprint density at radius 2 is 1.94 bits per heavy atom. The molecule has 3 atom stereocenters. The first-order valence-electron chi connectivity index (χ1n) is 7.04. The first kappa shape index (κ1) is 11.4. The average molecular weight is 307 g/mol. The van der Waals surface area contributed by atoms with Gasteiger partial charge in [0, 0.05) is 23.6 Å². The van der Waals surface area contributed by atoms with E-state index in [-0.39, 0.29) is 0 Å². The van der Waals surface area contributed by atoms with E-state index in [4.69, 9.17) is 0 Å². The fourth-order valence-corrected chi connectivity index (χ4v) is 4.50. The van der Waals surface area contributed by atoms with Crippen LogP contribution in [0.1, 0.15) is 23.6 Å². The Labute approximate surface area is 117 Å². The van der Waals surface area contributed by atoms with Crippen molar-refractivity contribution in [3.63, 3.8) is 0 Å². The molecule has 0 radical (unpaired) electrons. The van der Waals surface area contributed by atoms with Crippen molar-refractivity contribution >= 4 is 15.9 Å². The number of halogens is 1. The molecule has 4 rings (SSSR count). The van der Waals surface area contributed by atoms with Gasteiger partial charge in [-0.2, -0.15) is 0 Å². The molecule has 2 saturated heterocycles. The van der Waals surface area contributed by atoms with Crippen LogP contribution in [-0.2, 0) is 6.42 Å². The van der Waals surface area contributed by atoms with Crippen molar-refractivity contribution in [2.24, 2.45) is 11.8 Å². The molecule has 1 aromatic rings. The molecule has 0 bridgehead atoms. The molecule has 3 aliphatic rings. The van der Waals surface area contributed by atoms with Gasteiger partial charge in [-0.05, 0) is 61.0 Å². The first-order valence-corrected chi connectivity index (χ1v) is 7.83. The molecule has 0 amide bonds. The fourth-order valence-electron chi connectivity index (χ4n) is 4.09. The molecule has 1 N–H and O–H groups in total. The molecule has 2 fully saturated rings. The van der Waals surface area contributed by atoms with Crippen LogP contribution in [0.2, 0.25) is 0 Å². The SMILES string of the molecule is Brc1ccc2c(c1)CCC2N1CC2CNCC2C1. The van der Waals surface area contributed by atoms with Crippen molar-refractivity contribution in [2.75, 3.05) is 26.2 Å². The molecule has 96 valence electrons. The van der Waals surface area contributed by atoms with Gasteiger partial charge >= 0.3 is 0 Å². The number of hydrogen-bond donors (Lipinski definition) is 1. The summed E-state index contributed by atoms with van der Waals surface area (Å²) in [6, 6.07) is 7.55. The molecular formula is C15H19BrN2. The Hall–Kier alpha value is -0.380.